The van der Waals surface area contributed by atoms with Gasteiger partial charge in [0.05, 0.1) is 0 Å². The maximum absolute atomic E-state index is 10.9. The van der Waals surface area contributed by atoms with E-state index in [-0.39, 0.29) is 5.91 Å². The quantitative estimate of drug-likeness (QED) is 0.768. The molecule has 1 aliphatic rings. The Morgan fingerprint density at radius 1 is 1.11 bits per heavy atom. The fourth-order valence-electron chi connectivity index (χ4n) is 2.35. The van der Waals surface area contributed by atoms with Gasteiger partial charge in [-0.05, 0) is 49.9 Å². The van der Waals surface area contributed by atoms with E-state index in [0.717, 1.165) is 37.1 Å². The van der Waals surface area contributed by atoms with Gasteiger partial charge in [-0.15, -0.1) is 0 Å². The van der Waals surface area contributed by atoms with Gasteiger partial charge in [0.25, 0.3) is 0 Å². The van der Waals surface area contributed by atoms with Crippen LogP contribution in [0.25, 0.3) is 0 Å². The van der Waals surface area contributed by atoms with Crippen LogP contribution in [0, 0.1) is 0 Å². The summed E-state index contributed by atoms with van der Waals surface area (Å²) in [5.74, 6) is -0.0445. The van der Waals surface area contributed by atoms with Crippen molar-refractivity contribution in [3.63, 3.8) is 0 Å². The van der Waals surface area contributed by atoms with Gasteiger partial charge in [-0.25, -0.2) is 0 Å². The lowest BCUT2D eigenvalue weighted by atomic mass is 9.92. The average Bonchev–Trinajstić information content (AvgIpc) is 2.34. The highest BCUT2D eigenvalue weighted by Crippen LogP contribution is 2.22. The van der Waals surface area contributed by atoms with E-state index in [9.17, 15) is 4.79 Å². The Bertz CT molecular complexity index is 394. The molecular weight excluding hydrogens is 226 g/mol. The Hall–Kier alpha value is -1.55. The van der Waals surface area contributed by atoms with Crippen LogP contribution >= 0.6 is 0 Å². The summed E-state index contributed by atoms with van der Waals surface area (Å²) in [5.41, 5.74) is 7.82. The lowest BCUT2D eigenvalue weighted by Crippen LogP contribution is -2.32. The SMILES string of the molecule is CC(=O)Nc1ccc(NC2CCC(N)CC2)cc1. The van der Waals surface area contributed by atoms with E-state index in [1.165, 1.54) is 6.92 Å². The Balaban J connectivity index is 1.88. The van der Waals surface area contributed by atoms with Gasteiger partial charge in [0.1, 0.15) is 0 Å². The van der Waals surface area contributed by atoms with Crippen LogP contribution in [-0.2, 0) is 4.79 Å². The molecule has 0 radical (unpaired) electrons. The molecule has 0 spiro atoms. The molecule has 0 saturated heterocycles. The molecule has 1 saturated carbocycles. The van der Waals surface area contributed by atoms with Crippen LogP contribution in [0.3, 0.4) is 0 Å². The predicted molar refractivity (Wildman–Crippen MR) is 74.6 cm³/mol. The smallest absolute Gasteiger partial charge is 0.221 e. The van der Waals surface area contributed by atoms with Crippen molar-refractivity contribution in [3.8, 4) is 0 Å². The maximum Gasteiger partial charge on any atom is 0.221 e. The van der Waals surface area contributed by atoms with E-state index in [1.807, 2.05) is 24.3 Å². The number of benzene rings is 1. The highest BCUT2D eigenvalue weighted by molar-refractivity contribution is 5.88. The van der Waals surface area contributed by atoms with E-state index < -0.39 is 0 Å². The molecule has 98 valence electrons. The van der Waals surface area contributed by atoms with Crippen LogP contribution in [-0.4, -0.2) is 18.0 Å². The maximum atomic E-state index is 10.9. The average molecular weight is 247 g/mol. The lowest BCUT2D eigenvalue weighted by Gasteiger charge is -2.27. The van der Waals surface area contributed by atoms with Gasteiger partial charge in [-0.2, -0.15) is 0 Å². The number of carbonyl (C=O) groups is 1. The van der Waals surface area contributed by atoms with E-state index in [1.54, 1.807) is 0 Å². The molecule has 1 aromatic rings. The standard InChI is InChI=1S/C14H21N3O/c1-10(18)16-12-6-8-14(9-7-12)17-13-4-2-11(15)3-5-13/h6-9,11,13,17H,2-5,15H2,1H3,(H,16,18). The van der Waals surface area contributed by atoms with Gasteiger partial charge in [-0.1, -0.05) is 0 Å². The van der Waals surface area contributed by atoms with Gasteiger partial charge in [-0.3, -0.25) is 4.79 Å². The van der Waals surface area contributed by atoms with Crippen molar-refractivity contribution in [1.29, 1.82) is 0 Å². The minimum Gasteiger partial charge on any atom is -0.382 e. The predicted octanol–water partition coefficient (Wildman–Crippen LogP) is 2.33. The molecule has 18 heavy (non-hydrogen) atoms. The molecule has 4 nitrogen and oxygen atoms in total. The van der Waals surface area contributed by atoms with Crippen molar-refractivity contribution < 1.29 is 4.79 Å². The number of hydrogen-bond donors (Lipinski definition) is 3. The molecule has 2 rings (SSSR count). The summed E-state index contributed by atoms with van der Waals surface area (Å²) in [6.07, 6.45) is 4.46. The Labute approximate surface area is 108 Å². The molecule has 0 heterocycles. The zero-order chi connectivity index (χ0) is 13.0. The Morgan fingerprint density at radius 3 is 2.22 bits per heavy atom. The fraction of sp³-hybridized carbons (Fsp3) is 0.500. The second kappa shape index (κ2) is 5.87. The van der Waals surface area contributed by atoms with Crippen molar-refractivity contribution in [2.24, 2.45) is 5.73 Å². The van der Waals surface area contributed by atoms with E-state index in [2.05, 4.69) is 10.6 Å². The Kier molecular flexibility index (Phi) is 4.20. The number of carbonyl (C=O) groups excluding carboxylic acids is 1. The first-order valence-electron chi connectivity index (χ1n) is 6.53. The molecule has 1 aromatic carbocycles. The van der Waals surface area contributed by atoms with E-state index >= 15 is 0 Å². The highest BCUT2D eigenvalue weighted by atomic mass is 16.1. The number of amides is 1. The number of rotatable bonds is 3. The van der Waals surface area contributed by atoms with Gasteiger partial charge in [0.2, 0.25) is 5.91 Å². The monoisotopic (exact) mass is 247 g/mol. The van der Waals surface area contributed by atoms with Crippen LogP contribution in [0.4, 0.5) is 11.4 Å². The fourth-order valence-corrected chi connectivity index (χ4v) is 2.35. The summed E-state index contributed by atoms with van der Waals surface area (Å²) >= 11 is 0. The summed E-state index contributed by atoms with van der Waals surface area (Å²) in [7, 11) is 0. The first-order chi connectivity index (χ1) is 8.63. The molecule has 0 aromatic heterocycles. The van der Waals surface area contributed by atoms with Crippen molar-refractivity contribution in [3.05, 3.63) is 24.3 Å². The first-order valence-corrected chi connectivity index (χ1v) is 6.53. The molecule has 0 bridgehead atoms. The third-order valence-electron chi connectivity index (χ3n) is 3.35. The minimum absolute atomic E-state index is 0.0445. The largest absolute Gasteiger partial charge is 0.382 e. The number of nitrogens with one attached hydrogen (secondary N) is 2. The number of anilines is 2. The molecule has 4 heteroatoms. The highest BCUT2D eigenvalue weighted by Gasteiger charge is 2.17. The third-order valence-corrected chi connectivity index (χ3v) is 3.35. The Morgan fingerprint density at radius 2 is 1.67 bits per heavy atom. The zero-order valence-electron chi connectivity index (χ0n) is 10.8. The normalized spacial score (nSPS) is 23.4. The lowest BCUT2D eigenvalue weighted by molar-refractivity contribution is -0.114. The summed E-state index contributed by atoms with van der Waals surface area (Å²) in [5, 5.41) is 6.27. The van der Waals surface area contributed by atoms with Crippen molar-refractivity contribution in [2.45, 2.75) is 44.7 Å². The first kappa shape index (κ1) is 12.9. The van der Waals surface area contributed by atoms with E-state index in [4.69, 9.17) is 5.73 Å². The third kappa shape index (κ3) is 3.74. The summed E-state index contributed by atoms with van der Waals surface area (Å²) in [6, 6.07) is 8.73. The van der Waals surface area contributed by atoms with Crippen molar-refractivity contribution in [1.82, 2.24) is 0 Å². The number of nitrogens with two attached hydrogens (primary N) is 1. The molecule has 1 fully saturated rings. The molecule has 0 atom stereocenters. The second-order valence-corrected chi connectivity index (χ2v) is 5.01. The molecule has 0 unspecified atom stereocenters. The van der Waals surface area contributed by atoms with Crippen molar-refractivity contribution in [2.75, 3.05) is 10.6 Å². The second-order valence-electron chi connectivity index (χ2n) is 5.01. The summed E-state index contributed by atoms with van der Waals surface area (Å²) in [6.45, 7) is 1.51. The zero-order valence-corrected chi connectivity index (χ0v) is 10.8. The number of hydrogen-bond acceptors (Lipinski definition) is 3. The molecule has 1 aliphatic carbocycles. The van der Waals surface area contributed by atoms with Crippen LogP contribution < -0.4 is 16.4 Å². The van der Waals surface area contributed by atoms with Crippen LogP contribution in [0.5, 0.6) is 0 Å². The van der Waals surface area contributed by atoms with Gasteiger partial charge < -0.3 is 16.4 Å². The van der Waals surface area contributed by atoms with Crippen molar-refractivity contribution >= 4 is 17.3 Å². The van der Waals surface area contributed by atoms with Crippen LogP contribution in [0.1, 0.15) is 32.6 Å². The molecule has 0 aliphatic heterocycles. The van der Waals surface area contributed by atoms with Gasteiger partial charge in [0.15, 0.2) is 0 Å². The molecular formula is C14H21N3O. The molecule has 1 amide bonds. The van der Waals surface area contributed by atoms with Crippen LogP contribution in [0.2, 0.25) is 0 Å². The van der Waals surface area contributed by atoms with Gasteiger partial charge in [0, 0.05) is 30.4 Å². The summed E-state index contributed by atoms with van der Waals surface area (Å²) in [4.78, 5) is 10.9. The topological polar surface area (TPSA) is 67.2 Å². The minimum atomic E-state index is -0.0445. The van der Waals surface area contributed by atoms with E-state index in [0.29, 0.717) is 12.1 Å². The van der Waals surface area contributed by atoms with Crippen LogP contribution in [0.15, 0.2) is 24.3 Å². The van der Waals surface area contributed by atoms with Gasteiger partial charge >= 0.3 is 0 Å². The summed E-state index contributed by atoms with van der Waals surface area (Å²) < 4.78 is 0. The molecule has 4 N–H and O–H groups in total.